The molecule has 1 aromatic heterocycles. The molecule has 0 amide bonds. The number of guanidine groups is 1. The summed E-state index contributed by atoms with van der Waals surface area (Å²) in [6.07, 6.45) is 4.17. The second kappa shape index (κ2) is 7.04. The van der Waals surface area contributed by atoms with Crippen LogP contribution < -0.4 is 11.1 Å². The van der Waals surface area contributed by atoms with E-state index in [9.17, 15) is 8.42 Å². The molecule has 116 valence electrons. The molecule has 7 heteroatoms. The van der Waals surface area contributed by atoms with E-state index in [4.69, 9.17) is 5.73 Å². The Morgan fingerprint density at radius 3 is 2.55 bits per heavy atom. The average molecular weight is 318 g/mol. The number of benzene rings is 1. The van der Waals surface area contributed by atoms with Gasteiger partial charge in [0.25, 0.3) is 10.0 Å². The molecule has 2 aromatic rings. The maximum absolute atomic E-state index is 12.1. The first-order chi connectivity index (χ1) is 10.5. The molecule has 1 heterocycles. The smallest absolute Gasteiger partial charge is 0.285 e. The van der Waals surface area contributed by atoms with Crippen LogP contribution in [0.3, 0.4) is 0 Å². The Bertz CT molecular complexity index is 741. The third-order valence-electron chi connectivity index (χ3n) is 3.04. The van der Waals surface area contributed by atoms with Crippen LogP contribution in [0.15, 0.2) is 58.1 Å². The van der Waals surface area contributed by atoms with E-state index in [0.717, 1.165) is 17.5 Å². The van der Waals surface area contributed by atoms with Gasteiger partial charge in [-0.3, -0.25) is 4.98 Å². The SMILES string of the molecule is CCc1ccc(S(=O)(=O)/N=C(\N)NCc2cccnc2)cc1. The summed E-state index contributed by atoms with van der Waals surface area (Å²) < 4.78 is 27.9. The molecule has 6 nitrogen and oxygen atoms in total. The van der Waals surface area contributed by atoms with E-state index in [-0.39, 0.29) is 10.9 Å². The Hall–Kier alpha value is -2.41. The summed E-state index contributed by atoms with van der Waals surface area (Å²) in [4.78, 5) is 4.08. The van der Waals surface area contributed by atoms with Gasteiger partial charge in [-0.2, -0.15) is 8.42 Å². The maximum Gasteiger partial charge on any atom is 0.285 e. The van der Waals surface area contributed by atoms with Crippen molar-refractivity contribution in [1.29, 1.82) is 0 Å². The number of pyridine rings is 1. The first-order valence-corrected chi connectivity index (χ1v) is 8.27. The van der Waals surface area contributed by atoms with Gasteiger partial charge in [0, 0.05) is 18.9 Å². The number of aromatic nitrogens is 1. The summed E-state index contributed by atoms with van der Waals surface area (Å²) in [6, 6.07) is 10.2. The van der Waals surface area contributed by atoms with Gasteiger partial charge in [-0.15, -0.1) is 4.40 Å². The maximum atomic E-state index is 12.1. The topological polar surface area (TPSA) is 97.4 Å². The van der Waals surface area contributed by atoms with Crippen LogP contribution in [0, 0.1) is 0 Å². The fourth-order valence-corrected chi connectivity index (χ4v) is 2.72. The number of sulfonamides is 1. The number of aryl methyl sites for hydroxylation is 1. The Morgan fingerprint density at radius 1 is 1.23 bits per heavy atom. The molecule has 3 N–H and O–H groups in total. The normalized spacial score (nSPS) is 12.1. The number of nitrogens with zero attached hydrogens (tertiary/aromatic N) is 2. The lowest BCUT2D eigenvalue weighted by Crippen LogP contribution is -2.32. The lowest BCUT2D eigenvalue weighted by molar-refractivity contribution is 0.597. The van der Waals surface area contributed by atoms with E-state index in [1.54, 1.807) is 30.6 Å². The van der Waals surface area contributed by atoms with Gasteiger partial charge in [0.2, 0.25) is 5.96 Å². The summed E-state index contributed by atoms with van der Waals surface area (Å²) in [7, 11) is -3.80. The molecule has 0 fully saturated rings. The van der Waals surface area contributed by atoms with Crippen molar-refractivity contribution in [2.75, 3.05) is 0 Å². The molecule has 0 bridgehead atoms. The van der Waals surface area contributed by atoms with Crippen molar-refractivity contribution in [2.24, 2.45) is 10.1 Å². The second-order valence-corrected chi connectivity index (χ2v) is 6.27. The highest BCUT2D eigenvalue weighted by molar-refractivity contribution is 7.90. The molecule has 0 atom stereocenters. The minimum absolute atomic E-state index is 0.121. The van der Waals surface area contributed by atoms with E-state index >= 15 is 0 Å². The highest BCUT2D eigenvalue weighted by atomic mass is 32.2. The van der Waals surface area contributed by atoms with Gasteiger partial charge in [0.05, 0.1) is 4.90 Å². The largest absolute Gasteiger partial charge is 0.369 e. The molecule has 1 aromatic carbocycles. The standard InChI is InChI=1S/C15H18N4O2S/c1-2-12-5-7-14(8-6-12)22(20,21)19-15(16)18-11-13-4-3-9-17-10-13/h3-10H,2,11H2,1H3,(H3,16,18,19). The van der Waals surface area contributed by atoms with Gasteiger partial charge in [-0.25, -0.2) is 0 Å². The van der Waals surface area contributed by atoms with Crippen molar-refractivity contribution >= 4 is 16.0 Å². The van der Waals surface area contributed by atoms with Crippen LogP contribution in [0.4, 0.5) is 0 Å². The van der Waals surface area contributed by atoms with Gasteiger partial charge < -0.3 is 11.1 Å². The summed E-state index contributed by atoms with van der Waals surface area (Å²) in [5, 5.41) is 2.76. The highest BCUT2D eigenvalue weighted by Gasteiger charge is 2.13. The van der Waals surface area contributed by atoms with Crippen molar-refractivity contribution in [2.45, 2.75) is 24.8 Å². The Balaban J connectivity index is 2.08. The fraction of sp³-hybridized carbons (Fsp3) is 0.200. The predicted octanol–water partition coefficient (Wildman–Crippen LogP) is 1.44. The van der Waals surface area contributed by atoms with E-state index in [1.807, 2.05) is 13.0 Å². The number of hydrogen-bond donors (Lipinski definition) is 2. The molecule has 22 heavy (non-hydrogen) atoms. The molecule has 0 saturated carbocycles. The molecule has 0 radical (unpaired) electrons. The van der Waals surface area contributed by atoms with Crippen LogP contribution in [-0.2, 0) is 23.0 Å². The van der Waals surface area contributed by atoms with Crippen molar-refractivity contribution in [3.63, 3.8) is 0 Å². The number of nitrogens with one attached hydrogen (secondary N) is 1. The number of hydrogen-bond acceptors (Lipinski definition) is 3. The fourth-order valence-electron chi connectivity index (χ4n) is 1.81. The van der Waals surface area contributed by atoms with Crippen LogP contribution in [-0.4, -0.2) is 19.4 Å². The van der Waals surface area contributed by atoms with Crippen molar-refractivity contribution in [1.82, 2.24) is 10.3 Å². The second-order valence-electron chi connectivity index (χ2n) is 4.66. The van der Waals surface area contributed by atoms with Gasteiger partial charge >= 0.3 is 0 Å². The van der Waals surface area contributed by atoms with Gasteiger partial charge in [0.1, 0.15) is 0 Å². The van der Waals surface area contributed by atoms with Crippen LogP contribution in [0.2, 0.25) is 0 Å². The van der Waals surface area contributed by atoms with E-state index in [1.165, 1.54) is 12.1 Å². The lowest BCUT2D eigenvalue weighted by atomic mass is 10.2. The first-order valence-electron chi connectivity index (χ1n) is 6.83. The Morgan fingerprint density at radius 2 is 1.95 bits per heavy atom. The average Bonchev–Trinajstić information content (AvgIpc) is 2.53. The number of nitrogens with two attached hydrogens (primary N) is 1. The molecular formula is C15H18N4O2S. The molecule has 0 aliphatic carbocycles. The minimum Gasteiger partial charge on any atom is -0.369 e. The zero-order valence-corrected chi connectivity index (χ0v) is 13.0. The third kappa shape index (κ3) is 4.29. The zero-order chi connectivity index (χ0) is 16.0. The zero-order valence-electron chi connectivity index (χ0n) is 12.2. The molecule has 0 unspecified atom stereocenters. The molecule has 0 spiro atoms. The van der Waals surface area contributed by atoms with Gasteiger partial charge in [-0.1, -0.05) is 25.1 Å². The van der Waals surface area contributed by atoms with E-state index < -0.39 is 10.0 Å². The van der Waals surface area contributed by atoms with Gasteiger partial charge in [-0.05, 0) is 35.7 Å². The highest BCUT2D eigenvalue weighted by Crippen LogP contribution is 2.13. The van der Waals surface area contributed by atoms with Crippen molar-refractivity contribution < 1.29 is 8.42 Å². The Kier molecular flexibility index (Phi) is 5.11. The summed E-state index contributed by atoms with van der Waals surface area (Å²) >= 11 is 0. The predicted molar refractivity (Wildman–Crippen MR) is 85.7 cm³/mol. The first kappa shape index (κ1) is 16.0. The van der Waals surface area contributed by atoms with Crippen LogP contribution in [0.25, 0.3) is 0 Å². The molecule has 2 rings (SSSR count). The van der Waals surface area contributed by atoms with E-state index in [0.29, 0.717) is 6.54 Å². The lowest BCUT2D eigenvalue weighted by Gasteiger charge is -2.06. The third-order valence-corrected chi connectivity index (χ3v) is 4.35. The van der Waals surface area contributed by atoms with Gasteiger partial charge in [0.15, 0.2) is 0 Å². The summed E-state index contributed by atoms with van der Waals surface area (Å²) in [5.74, 6) is -0.150. The van der Waals surface area contributed by atoms with Crippen molar-refractivity contribution in [3.8, 4) is 0 Å². The summed E-state index contributed by atoms with van der Waals surface area (Å²) in [5.41, 5.74) is 7.58. The molecule has 0 aliphatic heterocycles. The summed E-state index contributed by atoms with van der Waals surface area (Å²) in [6.45, 7) is 2.36. The Labute approximate surface area is 130 Å². The monoisotopic (exact) mass is 318 g/mol. The molecule has 0 saturated heterocycles. The molecule has 0 aliphatic rings. The quantitative estimate of drug-likeness (QED) is 0.642. The minimum atomic E-state index is -3.80. The van der Waals surface area contributed by atoms with E-state index in [2.05, 4.69) is 14.7 Å². The number of rotatable bonds is 5. The van der Waals surface area contributed by atoms with Crippen LogP contribution >= 0.6 is 0 Å². The van der Waals surface area contributed by atoms with Crippen molar-refractivity contribution in [3.05, 3.63) is 59.9 Å². The van der Waals surface area contributed by atoms with Crippen LogP contribution in [0.1, 0.15) is 18.1 Å². The molecular weight excluding hydrogens is 300 g/mol. The van der Waals surface area contributed by atoms with Crippen LogP contribution in [0.5, 0.6) is 0 Å².